The fraction of sp³-hybridized carbons (Fsp3) is 0.240. The molecule has 1 unspecified atom stereocenters. The van der Waals surface area contributed by atoms with Crippen molar-refractivity contribution in [1.82, 2.24) is 9.55 Å². The second-order valence-corrected chi connectivity index (χ2v) is 9.34. The van der Waals surface area contributed by atoms with E-state index in [9.17, 15) is 9.59 Å². The summed E-state index contributed by atoms with van der Waals surface area (Å²) in [5, 5.41) is 5.65. The molecule has 0 radical (unpaired) electrons. The third-order valence-electron chi connectivity index (χ3n) is 5.62. The van der Waals surface area contributed by atoms with Crippen molar-refractivity contribution in [3.63, 3.8) is 0 Å². The largest absolute Gasteiger partial charge is 0.495 e. The van der Waals surface area contributed by atoms with Gasteiger partial charge >= 0.3 is 0 Å². The zero-order valence-corrected chi connectivity index (χ0v) is 20.3. The lowest BCUT2D eigenvalue weighted by Crippen LogP contribution is -2.31. The Kier molecular flexibility index (Phi) is 6.54. The highest BCUT2D eigenvalue weighted by Crippen LogP contribution is 2.32. The predicted molar refractivity (Wildman–Crippen MR) is 135 cm³/mol. The van der Waals surface area contributed by atoms with Crippen molar-refractivity contribution in [3.05, 3.63) is 75.1 Å². The number of nitrogens with zero attached hydrogens (tertiary/aromatic N) is 2. The number of carbonyl (C=O) groups is 1. The average molecular weight is 482 g/mol. The van der Waals surface area contributed by atoms with E-state index in [2.05, 4.69) is 36.3 Å². The van der Waals surface area contributed by atoms with Crippen LogP contribution in [0.15, 0.2) is 59.0 Å². The number of methoxy groups -OCH3 is 1. The smallest absolute Gasteiger partial charge is 0.263 e. The number of ether oxygens (including phenoxy) is 1. The van der Waals surface area contributed by atoms with Crippen LogP contribution >= 0.6 is 22.9 Å². The number of thiophene rings is 1. The molecule has 33 heavy (non-hydrogen) atoms. The fourth-order valence-corrected chi connectivity index (χ4v) is 4.76. The molecule has 4 rings (SSSR count). The van der Waals surface area contributed by atoms with Crippen molar-refractivity contribution < 1.29 is 9.53 Å². The zero-order chi connectivity index (χ0) is 23.7. The maximum Gasteiger partial charge on any atom is 0.263 e. The molecule has 0 aliphatic carbocycles. The number of benzene rings is 2. The summed E-state index contributed by atoms with van der Waals surface area (Å²) in [7, 11) is 1.52. The topological polar surface area (TPSA) is 73.2 Å². The maximum absolute atomic E-state index is 13.4. The predicted octanol–water partition coefficient (Wildman–Crippen LogP) is 6.11. The molecule has 8 heteroatoms. The van der Waals surface area contributed by atoms with Crippen LogP contribution in [-0.4, -0.2) is 22.6 Å². The van der Waals surface area contributed by atoms with Gasteiger partial charge in [0.15, 0.2) is 0 Å². The van der Waals surface area contributed by atoms with Crippen LogP contribution in [0, 0.1) is 0 Å². The summed E-state index contributed by atoms with van der Waals surface area (Å²) in [5.41, 5.74) is 3.28. The SMILES string of the molecule is COc1ccc(NC(=O)C(C)n2cnc3scc(-c4ccc(C(C)C)cc4)c3c2=O)cc1Cl. The summed E-state index contributed by atoms with van der Waals surface area (Å²) in [6, 6.07) is 12.4. The average Bonchev–Trinajstić information content (AvgIpc) is 3.24. The summed E-state index contributed by atoms with van der Waals surface area (Å²) < 4.78 is 6.50. The van der Waals surface area contributed by atoms with Gasteiger partial charge in [0.2, 0.25) is 5.91 Å². The highest BCUT2D eigenvalue weighted by molar-refractivity contribution is 7.17. The first-order valence-electron chi connectivity index (χ1n) is 10.5. The molecular weight excluding hydrogens is 458 g/mol. The van der Waals surface area contributed by atoms with Crippen LogP contribution in [-0.2, 0) is 4.79 Å². The Balaban J connectivity index is 1.66. The minimum atomic E-state index is -0.772. The van der Waals surface area contributed by atoms with Crippen LogP contribution in [0.25, 0.3) is 21.3 Å². The molecule has 0 aliphatic rings. The molecule has 0 bridgehead atoms. The lowest BCUT2D eigenvalue weighted by Gasteiger charge is -2.15. The number of anilines is 1. The lowest BCUT2D eigenvalue weighted by molar-refractivity contribution is -0.118. The van der Waals surface area contributed by atoms with Gasteiger partial charge in [0.1, 0.15) is 16.6 Å². The number of fused-ring (bicyclic) bond motifs is 1. The molecule has 0 saturated heterocycles. The van der Waals surface area contributed by atoms with Crippen molar-refractivity contribution >= 4 is 44.7 Å². The Morgan fingerprint density at radius 2 is 1.88 bits per heavy atom. The van der Waals surface area contributed by atoms with Crippen LogP contribution in [0.4, 0.5) is 5.69 Å². The highest BCUT2D eigenvalue weighted by Gasteiger charge is 2.21. The van der Waals surface area contributed by atoms with Gasteiger partial charge in [0, 0.05) is 16.6 Å². The van der Waals surface area contributed by atoms with Gasteiger partial charge in [-0.3, -0.25) is 14.2 Å². The highest BCUT2D eigenvalue weighted by atomic mass is 35.5. The molecule has 1 amide bonds. The third kappa shape index (κ3) is 4.51. The van der Waals surface area contributed by atoms with Crippen molar-refractivity contribution in [2.24, 2.45) is 0 Å². The molecule has 1 N–H and O–H groups in total. The quantitative estimate of drug-likeness (QED) is 0.360. The Morgan fingerprint density at radius 1 is 1.15 bits per heavy atom. The van der Waals surface area contributed by atoms with E-state index in [-0.39, 0.29) is 11.5 Å². The van der Waals surface area contributed by atoms with Crippen molar-refractivity contribution in [2.75, 3.05) is 12.4 Å². The van der Waals surface area contributed by atoms with Gasteiger partial charge < -0.3 is 10.1 Å². The van der Waals surface area contributed by atoms with Crippen molar-refractivity contribution in [1.29, 1.82) is 0 Å². The maximum atomic E-state index is 13.4. The van der Waals surface area contributed by atoms with Gasteiger partial charge in [-0.15, -0.1) is 11.3 Å². The van der Waals surface area contributed by atoms with Gasteiger partial charge in [-0.05, 0) is 42.2 Å². The van der Waals surface area contributed by atoms with Crippen LogP contribution in [0.5, 0.6) is 5.75 Å². The molecule has 0 spiro atoms. The number of halogens is 1. The second-order valence-electron chi connectivity index (χ2n) is 8.08. The van der Waals surface area contributed by atoms with Crippen LogP contribution in [0.1, 0.15) is 38.3 Å². The summed E-state index contributed by atoms with van der Waals surface area (Å²) >= 11 is 7.57. The Hall–Kier alpha value is -3.16. The lowest BCUT2D eigenvalue weighted by atomic mass is 9.99. The number of rotatable bonds is 6. The van der Waals surface area contributed by atoms with E-state index in [0.717, 1.165) is 11.1 Å². The van der Waals surface area contributed by atoms with E-state index < -0.39 is 6.04 Å². The van der Waals surface area contributed by atoms with Gasteiger partial charge in [-0.1, -0.05) is 49.7 Å². The Bertz CT molecular complexity index is 1380. The van der Waals surface area contributed by atoms with Crippen molar-refractivity contribution in [2.45, 2.75) is 32.7 Å². The van der Waals surface area contributed by atoms with Gasteiger partial charge in [0.05, 0.1) is 23.8 Å². The summed E-state index contributed by atoms with van der Waals surface area (Å²) in [6.07, 6.45) is 1.43. The number of amides is 1. The minimum absolute atomic E-state index is 0.250. The van der Waals surface area contributed by atoms with E-state index >= 15 is 0 Å². The molecular formula is C25H24ClN3O3S. The second kappa shape index (κ2) is 9.37. The third-order valence-corrected chi connectivity index (χ3v) is 6.81. The zero-order valence-electron chi connectivity index (χ0n) is 18.8. The normalized spacial score (nSPS) is 12.2. The Morgan fingerprint density at radius 3 is 2.52 bits per heavy atom. The van der Waals surface area contributed by atoms with Crippen molar-refractivity contribution in [3.8, 4) is 16.9 Å². The molecule has 4 aromatic rings. The fourth-order valence-electron chi connectivity index (χ4n) is 3.60. The molecule has 0 aliphatic heterocycles. The molecule has 2 heterocycles. The summed E-state index contributed by atoms with van der Waals surface area (Å²) in [6.45, 7) is 5.95. The molecule has 1 atom stereocenters. The number of aromatic nitrogens is 2. The van der Waals surface area contributed by atoms with E-state index in [1.807, 2.05) is 17.5 Å². The first kappa shape index (κ1) is 23.0. The molecule has 2 aromatic carbocycles. The van der Waals surface area contributed by atoms with E-state index in [4.69, 9.17) is 16.3 Å². The number of carbonyl (C=O) groups excluding carboxylic acids is 1. The first-order valence-corrected chi connectivity index (χ1v) is 11.8. The van der Waals surface area contributed by atoms with Gasteiger partial charge in [-0.2, -0.15) is 0 Å². The molecule has 6 nitrogen and oxygen atoms in total. The number of hydrogen-bond acceptors (Lipinski definition) is 5. The summed E-state index contributed by atoms with van der Waals surface area (Å²) in [4.78, 5) is 31.4. The van der Waals surface area contributed by atoms with Crippen LogP contribution in [0.2, 0.25) is 5.02 Å². The minimum Gasteiger partial charge on any atom is -0.495 e. The van der Waals surface area contributed by atoms with E-state index in [1.165, 1.54) is 34.9 Å². The monoisotopic (exact) mass is 481 g/mol. The van der Waals surface area contributed by atoms with E-state index in [0.29, 0.717) is 32.6 Å². The molecule has 0 saturated carbocycles. The van der Waals surface area contributed by atoms with Gasteiger partial charge in [-0.25, -0.2) is 4.98 Å². The first-order chi connectivity index (χ1) is 15.8. The molecule has 0 fully saturated rings. The Labute approximate surface area is 200 Å². The summed E-state index contributed by atoms with van der Waals surface area (Å²) in [5.74, 6) is 0.592. The van der Waals surface area contributed by atoms with E-state index in [1.54, 1.807) is 25.1 Å². The standard InChI is InChI=1S/C25H24ClN3O3S/c1-14(2)16-5-7-17(8-6-16)19-12-33-24-22(19)25(31)29(13-27-24)15(3)23(30)28-18-9-10-21(32-4)20(26)11-18/h5-15H,1-4H3,(H,28,30). The molecule has 170 valence electrons. The van der Waals surface area contributed by atoms with Gasteiger partial charge in [0.25, 0.3) is 5.56 Å². The number of nitrogens with one attached hydrogen (secondary N) is 1. The van der Waals surface area contributed by atoms with Crippen LogP contribution in [0.3, 0.4) is 0 Å². The number of hydrogen-bond donors (Lipinski definition) is 1. The van der Waals surface area contributed by atoms with Crippen LogP contribution < -0.4 is 15.6 Å². The molecule has 2 aromatic heterocycles.